The van der Waals surface area contributed by atoms with Gasteiger partial charge in [0.25, 0.3) is 0 Å². The van der Waals surface area contributed by atoms with E-state index >= 15 is 0 Å². The van der Waals surface area contributed by atoms with Gasteiger partial charge in [-0.25, -0.2) is 0 Å². The lowest BCUT2D eigenvalue weighted by Crippen LogP contribution is -2.66. The molecule has 1 aliphatic rings. The summed E-state index contributed by atoms with van der Waals surface area (Å²) in [6.07, 6.45) is -0.208. The number of hydrogen-bond donors (Lipinski definition) is 1. The molecular weight excluding hydrogens is 398 g/mol. The van der Waals surface area contributed by atoms with Crippen LogP contribution in [0.4, 0.5) is 0 Å². The molecule has 0 saturated carbocycles. The molecule has 150 valence electrons. The summed E-state index contributed by atoms with van der Waals surface area (Å²) in [4.78, 5) is 25.8. The number of β-lactam (4-membered cyclic amide) rings is 1. The molecule has 0 bridgehead atoms. The predicted molar refractivity (Wildman–Crippen MR) is 115 cm³/mol. The van der Waals surface area contributed by atoms with Gasteiger partial charge in [-0.3, -0.25) is 9.59 Å². The summed E-state index contributed by atoms with van der Waals surface area (Å²) >= 11 is 7.08. The largest absolute Gasteiger partial charge is 0.413 e. The first-order valence-corrected chi connectivity index (χ1v) is 13.4. The molecule has 1 aromatic rings. The Hall–Kier alpha value is -0.823. The van der Waals surface area contributed by atoms with Crippen LogP contribution in [0.5, 0.6) is 0 Å². The highest BCUT2D eigenvalue weighted by atomic mass is 35.5. The van der Waals surface area contributed by atoms with Gasteiger partial charge < -0.3 is 9.74 Å². The average Bonchev–Trinajstić information content (AvgIpc) is 2.52. The molecule has 1 heterocycles. The van der Waals surface area contributed by atoms with Gasteiger partial charge in [0.2, 0.25) is 5.91 Å². The van der Waals surface area contributed by atoms with Gasteiger partial charge >= 0.3 is 0 Å². The van der Waals surface area contributed by atoms with Gasteiger partial charge in [0, 0.05) is 15.8 Å². The lowest BCUT2D eigenvalue weighted by molar-refractivity contribution is -0.143. The number of carbonyl (C=O) groups excluding carboxylic acids is 2. The summed E-state index contributed by atoms with van der Waals surface area (Å²) in [6, 6.07) is 7.01. The third-order valence-corrected chi connectivity index (χ3v) is 11.6. The van der Waals surface area contributed by atoms with E-state index in [1.807, 2.05) is 26.0 Å². The van der Waals surface area contributed by atoms with E-state index in [2.05, 4.69) is 39.2 Å². The number of nitrogens with one attached hydrogen (secondary N) is 1. The summed E-state index contributed by atoms with van der Waals surface area (Å²) in [6.45, 7) is 14.7. The van der Waals surface area contributed by atoms with Crippen molar-refractivity contribution in [3.8, 4) is 0 Å². The van der Waals surface area contributed by atoms with Gasteiger partial charge in [0.15, 0.2) is 13.4 Å². The number of hydrogen-bond acceptors (Lipinski definition) is 4. The van der Waals surface area contributed by atoms with Crippen LogP contribution in [0.2, 0.25) is 23.2 Å². The lowest BCUT2D eigenvalue weighted by Gasteiger charge is -2.46. The third-order valence-electron chi connectivity index (χ3n) is 5.73. The van der Waals surface area contributed by atoms with Gasteiger partial charge in [-0.2, -0.15) is 0 Å². The highest BCUT2D eigenvalue weighted by Gasteiger charge is 2.50. The zero-order chi connectivity index (χ0) is 20.6. The maximum absolute atomic E-state index is 12.7. The summed E-state index contributed by atoms with van der Waals surface area (Å²) in [5.74, 6) is -0.606. The second-order valence-electron chi connectivity index (χ2n) is 8.81. The minimum Gasteiger partial charge on any atom is -0.413 e. The molecule has 1 saturated heterocycles. The Kier molecular flexibility index (Phi) is 6.88. The number of thioether (sulfide) groups is 1. The predicted octanol–water partition coefficient (Wildman–Crippen LogP) is 5.12. The van der Waals surface area contributed by atoms with Gasteiger partial charge in [-0.1, -0.05) is 51.1 Å². The smallest absolute Gasteiger partial charge is 0.228 e. The highest BCUT2D eigenvalue weighted by molar-refractivity contribution is 8.13. The summed E-state index contributed by atoms with van der Waals surface area (Å²) in [5, 5.41) is 3.66. The molecule has 0 radical (unpaired) electrons. The molecule has 1 fully saturated rings. The van der Waals surface area contributed by atoms with E-state index in [1.165, 1.54) is 11.8 Å². The van der Waals surface area contributed by atoms with Crippen molar-refractivity contribution >= 4 is 42.7 Å². The quantitative estimate of drug-likeness (QED) is 0.389. The molecular formula is C20H30ClNO3SSi. The minimum absolute atomic E-state index is 0.0256. The van der Waals surface area contributed by atoms with E-state index in [9.17, 15) is 9.59 Å². The van der Waals surface area contributed by atoms with Crippen LogP contribution in [0, 0.1) is 11.8 Å². The molecule has 0 spiro atoms. The molecule has 1 amide bonds. The maximum Gasteiger partial charge on any atom is 0.228 e. The standard InChI is InChI=1S/C20H30ClNO3SSi/c1-12(19(24)26-15-10-8-14(21)9-11-15)17-16(18(23)22-17)13(2)25-27(6,7)20(3,4)5/h8-13,16-17H,1-7H3,(H,22,23)/t12-,13-,16-,17-/m1/s1. The maximum atomic E-state index is 12.7. The fraction of sp³-hybridized carbons (Fsp3) is 0.600. The van der Waals surface area contributed by atoms with Crippen molar-refractivity contribution in [1.82, 2.24) is 5.32 Å². The highest BCUT2D eigenvalue weighted by Crippen LogP contribution is 2.40. The van der Waals surface area contributed by atoms with E-state index in [0.717, 1.165) is 4.90 Å². The van der Waals surface area contributed by atoms with E-state index in [-0.39, 0.29) is 40.0 Å². The second kappa shape index (κ2) is 8.27. The molecule has 4 nitrogen and oxygen atoms in total. The van der Waals surface area contributed by atoms with Crippen molar-refractivity contribution in [3.63, 3.8) is 0 Å². The molecule has 4 atom stereocenters. The number of benzene rings is 1. The second-order valence-corrected chi connectivity index (χ2v) is 15.1. The Balaban J connectivity index is 2.03. The van der Waals surface area contributed by atoms with Crippen molar-refractivity contribution in [2.75, 3.05) is 0 Å². The van der Waals surface area contributed by atoms with Crippen LogP contribution >= 0.6 is 23.4 Å². The topological polar surface area (TPSA) is 55.4 Å². The van der Waals surface area contributed by atoms with Gasteiger partial charge in [0.05, 0.1) is 18.1 Å². The first-order valence-electron chi connectivity index (χ1n) is 9.29. The molecule has 27 heavy (non-hydrogen) atoms. The van der Waals surface area contributed by atoms with Crippen molar-refractivity contribution in [1.29, 1.82) is 0 Å². The fourth-order valence-electron chi connectivity index (χ4n) is 2.93. The van der Waals surface area contributed by atoms with Crippen LogP contribution in [0.1, 0.15) is 34.6 Å². The normalized spacial score (nSPS) is 22.6. The first kappa shape index (κ1) is 22.5. The molecule has 0 unspecified atom stereocenters. The molecule has 1 aromatic carbocycles. The zero-order valence-corrected chi connectivity index (χ0v) is 19.7. The van der Waals surface area contributed by atoms with Gasteiger partial charge in [-0.15, -0.1) is 0 Å². The van der Waals surface area contributed by atoms with Gasteiger partial charge in [0.1, 0.15) is 0 Å². The first-order chi connectivity index (χ1) is 12.3. The molecule has 7 heteroatoms. The van der Waals surface area contributed by atoms with Gasteiger partial charge in [-0.05, 0) is 49.3 Å². The SMILES string of the molecule is C[C@@H](O[Si](C)(C)C(C)(C)C)[C@H]1C(=O)N[C@@H]1[C@@H](C)C(=O)Sc1ccc(Cl)cc1. The number of rotatable bonds is 6. The number of carbonyl (C=O) groups is 2. The zero-order valence-electron chi connectivity index (χ0n) is 17.1. The number of halogens is 1. The van der Waals surface area contributed by atoms with Crippen molar-refractivity contribution in [2.24, 2.45) is 11.8 Å². The average molecular weight is 428 g/mol. The number of amides is 1. The van der Waals surface area contributed by atoms with Crippen LogP contribution < -0.4 is 5.32 Å². The van der Waals surface area contributed by atoms with Crippen LogP contribution in [0.15, 0.2) is 29.2 Å². The fourth-order valence-corrected chi connectivity index (χ4v) is 5.32. The van der Waals surface area contributed by atoms with E-state index in [0.29, 0.717) is 5.02 Å². The van der Waals surface area contributed by atoms with E-state index < -0.39 is 8.32 Å². The molecule has 1 aliphatic heterocycles. The molecule has 1 N–H and O–H groups in total. The summed E-state index contributed by atoms with van der Waals surface area (Å²) < 4.78 is 6.41. The Bertz CT molecular complexity index is 702. The Labute approximate surface area is 172 Å². The molecule has 2 rings (SSSR count). The van der Waals surface area contributed by atoms with E-state index in [1.54, 1.807) is 12.1 Å². The lowest BCUT2D eigenvalue weighted by atomic mass is 9.79. The van der Waals surface area contributed by atoms with Crippen molar-refractivity contribution < 1.29 is 14.0 Å². The van der Waals surface area contributed by atoms with Crippen molar-refractivity contribution in [2.45, 2.75) is 69.8 Å². The van der Waals surface area contributed by atoms with Crippen molar-refractivity contribution in [3.05, 3.63) is 29.3 Å². The van der Waals surface area contributed by atoms with Crippen LogP contribution in [0.3, 0.4) is 0 Å². The van der Waals surface area contributed by atoms with E-state index in [4.69, 9.17) is 16.0 Å². The monoisotopic (exact) mass is 427 g/mol. The molecule has 0 aromatic heterocycles. The summed E-state index contributed by atoms with van der Waals surface area (Å²) in [5.41, 5.74) is 0. The van der Waals surface area contributed by atoms with Crippen LogP contribution in [-0.2, 0) is 14.0 Å². The van der Waals surface area contributed by atoms with Crippen LogP contribution in [0.25, 0.3) is 0 Å². The van der Waals surface area contributed by atoms with Crippen LogP contribution in [-0.4, -0.2) is 31.5 Å². The summed E-state index contributed by atoms with van der Waals surface area (Å²) in [7, 11) is -1.98. The minimum atomic E-state index is -1.98. The Morgan fingerprint density at radius 2 is 1.78 bits per heavy atom. The molecule has 0 aliphatic carbocycles. The third kappa shape index (κ3) is 5.16. The Morgan fingerprint density at radius 3 is 2.26 bits per heavy atom. The Morgan fingerprint density at radius 1 is 1.22 bits per heavy atom.